The van der Waals surface area contributed by atoms with Crippen molar-refractivity contribution in [3.8, 4) is 11.6 Å². The average Bonchev–Trinajstić information content (AvgIpc) is 3.39. The standard InChI is InChI=1S/C25H22F5N5O5S/c1-41(38,39)11-19(36)32-22-20-17(34-35(22)18-5-2-14(10-31-18)21(26)27)9-24(33-23(20)37)7-6-13-8-15(3-4-16(13)24)40-12-25(28,29)30/h2-5,8,10,21H,6-7,9,11-12H2,1H3,(H,32,36)(H,33,37)/t24-/m0/s1. The summed E-state index contributed by atoms with van der Waals surface area (Å²) in [5.74, 6) is -2.67. The predicted octanol–water partition coefficient (Wildman–Crippen LogP) is 3.26. The first-order chi connectivity index (χ1) is 19.1. The lowest BCUT2D eigenvalue weighted by molar-refractivity contribution is -0.153. The van der Waals surface area contributed by atoms with Gasteiger partial charge < -0.3 is 15.4 Å². The Morgan fingerprint density at radius 3 is 2.63 bits per heavy atom. The summed E-state index contributed by atoms with van der Waals surface area (Å²) in [6, 6.07) is 6.76. The van der Waals surface area contributed by atoms with Crippen molar-refractivity contribution in [3.63, 3.8) is 0 Å². The Kier molecular flexibility index (Phi) is 6.99. The molecule has 2 aliphatic rings. The molecule has 0 unspecified atom stereocenters. The van der Waals surface area contributed by atoms with Crippen molar-refractivity contribution in [2.45, 2.75) is 37.4 Å². The van der Waals surface area contributed by atoms with Crippen LogP contribution in [0.5, 0.6) is 5.75 Å². The number of halogens is 5. The van der Waals surface area contributed by atoms with Gasteiger partial charge in [0.25, 0.3) is 12.3 Å². The Bertz CT molecular complexity index is 1640. The van der Waals surface area contributed by atoms with Crippen LogP contribution in [-0.2, 0) is 33.0 Å². The molecule has 1 spiro atoms. The number of sulfone groups is 1. The number of pyridine rings is 1. The Morgan fingerprint density at radius 2 is 2.00 bits per heavy atom. The molecule has 0 saturated heterocycles. The number of carbonyl (C=O) groups is 2. The van der Waals surface area contributed by atoms with E-state index in [1.807, 2.05) is 0 Å². The highest BCUT2D eigenvalue weighted by Gasteiger charge is 2.47. The summed E-state index contributed by atoms with van der Waals surface area (Å²) >= 11 is 0. The van der Waals surface area contributed by atoms with E-state index in [0.29, 0.717) is 24.0 Å². The van der Waals surface area contributed by atoms with E-state index < -0.39 is 52.2 Å². The van der Waals surface area contributed by atoms with E-state index in [2.05, 4.69) is 20.7 Å². The lowest BCUT2D eigenvalue weighted by Gasteiger charge is -2.35. The fourth-order valence-corrected chi connectivity index (χ4v) is 5.62. The topological polar surface area (TPSA) is 132 Å². The van der Waals surface area contributed by atoms with Crippen molar-refractivity contribution in [1.29, 1.82) is 0 Å². The Labute approximate surface area is 229 Å². The molecular formula is C25H22F5N5O5S. The molecule has 0 saturated carbocycles. The van der Waals surface area contributed by atoms with Gasteiger partial charge in [-0.2, -0.15) is 23.0 Å². The van der Waals surface area contributed by atoms with E-state index in [1.165, 1.54) is 18.2 Å². The molecule has 10 nitrogen and oxygen atoms in total. The molecule has 3 heterocycles. The number of hydrogen-bond donors (Lipinski definition) is 2. The highest BCUT2D eigenvalue weighted by Crippen LogP contribution is 2.44. The first-order valence-electron chi connectivity index (χ1n) is 12.1. The molecule has 1 aromatic carbocycles. The van der Waals surface area contributed by atoms with Crippen molar-refractivity contribution in [2.24, 2.45) is 0 Å². The van der Waals surface area contributed by atoms with Crippen molar-refractivity contribution < 1.29 is 44.7 Å². The summed E-state index contributed by atoms with van der Waals surface area (Å²) in [6.07, 6.45) is -4.60. The normalized spacial score (nSPS) is 18.3. The lowest BCUT2D eigenvalue weighted by Crippen LogP contribution is -2.49. The van der Waals surface area contributed by atoms with Crippen LogP contribution in [0.1, 0.15) is 45.6 Å². The van der Waals surface area contributed by atoms with E-state index in [9.17, 15) is 40.0 Å². The predicted molar refractivity (Wildman–Crippen MR) is 134 cm³/mol. The van der Waals surface area contributed by atoms with Crippen LogP contribution in [-0.4, -0.2) is 59.8 Å². The molecule has 0 fully saturated rings. The summed E-state index contributed by atoms with van der Waals surface area (Å²) in [4.78, 5) is 30.0. The number of nitrogens with one attached hydrogen (secondary N) is 2. The number of fused-ring (bicyclic) bond motifs is 3. The minimum absolute atomic E-state index is 0.0152. The quantitative estimate of drug-likeness (QED) is 0.399. The van der Waals surface area contributed by atoms with E-state index in [-0.39, 0.29) is 40.6 Å². The third-order valence-corrected chi connectivity index (χ3v) is 7.50. The molecule has 16 heteroatoms. The summed E-state index contributed by atoms with van der Waals surface area (Å²) in [6.45, 7) is -1.45. The fraction of sp³-hybridized carbons (Fsp3) is 0.360. The molecule has 2 N–H and O–H groups in total. The SMILES string of the molecule is CS(=O)(=O)CC(=O)Nc1c2c(nn1-c1ccc(C(F)F)cn1)C[C@]1(CCc3cc(OCC(F)(F)F)ccc31)NC2=O. The largest absolute Gasteiger partial charge is 0.484 e. The van der Waals surface area contributed by atoms with Crippen LogP contribution in [0, 0.1) is 0 Å². The zero-order valence-electron chi connectivity index (χ0n) is 21.3. The number of carbonyl (C=O) groups excluding carboxylic acids is 2. The number of rotatable bonds is 7. The third kappa shape index (κ3) is 5.87. The molecule has 0 radical (unpaired) electrons. The fourth-order valence-electron chi connectivity index (χ4n) is 5.07. The van der Waals surface area contributed by atoms with Crippen molar-refractivity contribution in [3.05, 3.63) is 64.5 Å². The van der Waals surface area contributed by atoms with Crippen LogP contribution in [0.4, 0.5) is 27.8 Å². The molecule has 1 aliphatic heterocycles. The number of amides is 2. The highest BCUT2D eigenvalue weighted by molar-refractivity contribution is 7.91. The maximum absolute atomic E-state index is 13.5. The zero-order valence-corrected chi connectivity index (χ0v) is 22.1. The van der Waals surface area contributed by atoms with E-state index in [1.54, 1.807) is 6.07 Å². The monoisotopic (exact) mass is 599 g/mol. The highest BCUT2D eigenvalue weighted by atomic mass is 32.2. The zero-order chi connectivity index (χ0) is 29.7. The number of hydrogen-bond acceptors (Lipinski definition) is 7. The Hall–Kier alpha value is -4.08. The molecule has 1 aliphatic carbocycles. The van der Waals surface area contributed by atoms with Crippen molar-refractivity contribution in [1.82, 2.24) is 20.1 Å². The molecule has 2 amide bonds. The van der Waals surface area contributed by atoms with Gasteiger partial charge in [-0.15, -0.1) is 0 Å². The van der Waals surface area contributed by atoms with Gasteiger partial charge in [0.2, 0.25) is 5.91 Å². The number of aryl methyl sites for hydroxylation is 1. The average molecular weight is 600 g/mol. The van der Waals surface area contributed by atoms with Gasteiger partial charge in [-0.3, -0.25) is 9.59 Å². The third-order valence-electron chi connectivity index (χ3n) is 6.71. The van der Waals surface area contributed by atoms with Gasteiger partial charge in [-0.1, -0.05) is 6.07 Å². The molecule has 5 rings (SSSR count). The van der Waals surface area contributed by atoms with Crippen LogP contribution < -0.4 is 15.4 Å². The second kappa shape index (κ2) is 10.1. The number of alkyl halides is 5. The Morgan fingerprint density at radius 1 is 1.24 bits per heavy atom. The van der Waals surface area contributed by atoms with Crippen LogP contribution in [0.3, 0.4) is 0 Å². The molecule has 41 heavy (non-hydrogen) atoms. The summed E-state index contributed by atoms with van der Waals surface area (Å²) in [7, 11) is -3.74. The summed E-state index contributed by atoms with van der Waals surface area (Å²) in [5.41, 5.74) is 0.156. The van der Waals surface area contributed by atoms with E-state index >= 15 is 0 Å². The van der Waals surface area contributed by atoms with Gasteiger partial charge in [0.15, 0.2) is 28.1 Å². The minimum Gasteiger partial charge on any atom is -0.484 e. The van der Waals surface area contributed by atoms with Gasteiger partial charge >= 0.3 is 6.18 Å². The number of aromatic nitrogens is 3. The van der Waals surface area contributed by atoms with E-state index in [0.717, 1.165) is 23.2 Å². The first-order valence-corrected chi connectivity index (χ1v) is 14.2. The molecule has 2 aromatic heterocycles. The van der Waals surface area contributed by atoms with Gasteiger partial charge in [0.1, 0.15) is 17.1 Å². The van der Waals surface area contributed by atoms with Crippen LogP contribution >= 0.6 is 0 Å². The van der Waals surface area contributed by atoms with Crippen LogP contribution in [0.2, 0.25) is 0 Å². The van der Waals surface area contributed by atoms with E-state index in [4.69, 9.17) is 4.74 Å². The molecule has 218 valence electrons. The van der Waals surface area contributed by atoms with Crippen molar-refractivity contribution >= 4 is 27.5 Å². The molecule has 1 atom stereocenters. The van der Waals surface area contributed by atoms with Gasteiger partial charge in [-0.05, 0) is 48.2 Å². The number of nitrogens with zero attached hydrogens (tertiary/aromatic N) is 3. The summed E-state index contributed by atoms with van der Waals surface area (Å²) in [5, 5.41) is 9.78. The molecule has 0 bridgehead atoms. The first kappa shape index (κ1) is 28.4. The summed E-state index contributed by atoms with van der Waals surface area (Å²) < 4.78 is 93.1. The Balaban J connectivity index is 1.52. The van der Waals surface area contributed by atoms with Crippen molar-refractivity contribution in [2.75, 3.05) is 23.9 Å². The van der Waals surface area contributed by atoms with Crippen LogP contribution in [0.25, 0.3) is 5.82 Å². The minimum atomic E-state index is -4.50. The second-order valence-electron chi connectivity index (χ2n) is 9.89. The smallest absolute Gasteiger partial charge is 0.422 e. The van der Waals surface area contributed by atoms with Gasteiger partial charge in [-0.25, -0.2) is 22.2 Å². The maximum atomic E-state index is 13.5. The maximum Gasteiger partial charge on any atom is 0.422 e. The van der Waals surface area contributed by atoms with Gasteiger partial charge in [0.05, 0.1) is 11.2 Å². The number of benzene rings is 1. The van der Waals surface area contributed by atoms with Crippen LogP contribution in [0.15, 0.2) is 36.5 Å². The van der Waals surface area contributed by atoms with Gasteiger partial charge in [0, 0.05) is 24.4 Å². The number of anilines is 1. The molecule has 3 aromatic rings. The number of ether oxygens (including phenoxy) is 1. The molecular weight excluding hydrogens is 577 g/mol. The second-order valence-corrected chi connectivity index (χ2v) is 12.0. The lowest BCUT2D eigenvalue weighted by atomic mass is 9.82.